The Morgan fingerprint density at radius 1 is 1.50 bits per heavy atom. The zero-order chi connectivity index (χ0) is 12.1. The van der Waals surface area contributed by atoms with E-state index in [1.807, 2.05) is 26.8 Å². The summed E-state index contributed by atoms with van der Waals surface area (Å²) < 4.78 is 5.20. The van der Waals surface area contributed by atoms with Crippen LogP contribution in [0.1, 0.15) is 39.0 Å². The summed E-state index contributed by atoms with van der Waals surface area (Å²) in [6.07, 6.45) is 2.28. The minimum Gasteiger partial charge on any atom is -0.467 e. The predicted molar refractivity (Wildman–Crippen MR) is 62.7 cm³/mol. The van der Waals surface area contributed by atoms with Crippen LogP contribution in [0.3, 0.4) is 0 Å². The van der Waals surface area contributed by atoms with Crippen molar-refractivity contribution in [1.82, 2.24) is 5.32 Å². The molecule has 1 amide bonds. The molecule has 0 saturated heterocycles. The van der Waals surface area contributed by atoms with Gasteiger partial charge in [0, 0.05) is 0 Å². The fourth-order valence-electron chi connectivity index (χ4n) is 1.54. The van der Waals surface area contributed by atoms with Gasteiger partial charge in [0.2, 0.25) is 5.91 Å². The molecule has 0 aromatic carbocycles. The van der Waals surface area contributed by atoms with Crippen molar-refractivity contribution < 1.29 is 9.21 Å². The highest BCUT2D eigenvalue weighted by atomic mass is 16.3. The van der Waals surface area contributed by atoms with Gasteiger partial charge in [-0.15, -0.1) is 0 Å². The van der Waals surface area contributed by atoms with Crippen molar-refractivity contribution >= 4 is 5.91 Å². The van der Waals surface area contributed by atoms with Crippen molar-refractivity contribution in [1.29, 1.82) is 0 Å². The minimum absolute atomic E-state index is 0.127. The van der Waals surface area contributed by atoms with Crippen LogP contribution in [0.2, 0.25) is 0 Å². The van der Waals surface area contributed by atoms with Gasteiger partial charge in [0.1, 0.15) is 5.76 Å². The number of nitrogens with one attached hydrogen (secondary N) is 1. The first-order valence-corrected chi connectivity index (χ1v) is 5.60. The van der Waals surface area contributed by atoms with E-state index in [0.29, 0.717) is 12.3 Å². The first-order chi connectivity index (χ1) is 7.50. The van der Waals surface area contributed by atoms with Crippen LogP contribution < -0.4 is 11.1 Å². The van der Waals surface area contributed by atoms with Gasteiger partial charge in [-0.2, -0.15) is 0 Å². The molecular weight excluding hydrogens is 204 g/mol. The monoisotopic (exact) mass is 224 g/mol. The van der Waals surface area contributed by atoms with Gasteiger partial charge in [-0.1, -0.05) is 13.8 Å². The Bertz CT molecular complexity index is 320. The average molecular weight is 224 g/mol. The number of carbonyl (C=O) groups excluding carboxylic acids is 1. The Morgan fingerprint density at radius 2 is 2.19 bits per heavy atom. The zero-order valence-corrected chi connectivity index (χ0v) is 10.1. The highest BCUT2D eigenvalue weighted by molar-refractivity contribution is 5.81. The van der Waals surface area contributed by atoms with Crippen molar-refractivity contribution in [2.45, 2.75) is 39.3 Å². The highest BCUT2D eigenvalue weighted by Crippen LogP contribution is 2.12. The van der Waals surface area contributed by atoms with Gasteiger partial charge in [0.15, 0.2) is 0 Å². The predicted octanol–water partition coefficient (Wildman–Crippen LogP) is 1.83. The van der Waals surface area contributed by atoms with E-state index in [0.717, 1.165) is 5.76 Å². The molecule has 1 heterocycles. The van der Waals surface area contributed by atoms with E-state index in [1.165, 1.54) is 0 Å². The summed E-state index contributed by atoms with van der Waals surface area (Å²) in [5.74, 6) is 1.03. The van der Waals surface area contributed by atoms with Gasteiger partial charge in [-0.25, -0.2) is 0 Å². The molecule has 1 aromatic rings. The summed E-state index contributed by atoms with van der Waals surface area (Å²) in [7, 11) is 0. The molecule has 0 bridgehead atoms. The minimum atomic E-state index is -0.447. The van der Waals surface area contributed by atoms with Crippen molar-refractivity contribution in [2.75, 3.05) is 0 Å². The Hall–Kier alpha value is -1.29. The van der Waals surface area contributed by atoms with E-state index in [1.54, 1.807) is 12.3 Å². The summed E-state index contributed by atoms with van der Waals surface area (Å²) in [5, 5.41) is 2.83. The second kappa shape index (κ2) is 5.70. The topological polar surface area (TPSA) is 68.3 Å². The van der Waals surface area contributed by atoms with Crippen LogP contribution >= 0.6 is 0 Å². The lowest BCUT2D eigenvalue weighted by atomic mass is 10.0. The lowest BCUT2D eigenvalue weighted by Crippen LogP contribution is -2.42. The van der Waals surface area contributed by atoms with Crippen LogP contribution in [0.15, 0.2) is 22.8 Å². The molecule has 1 rings (SSSR count). The molecule has 0 saturated carbocycles. The number of carbonyl (C=O) groups is 1. The first-order valence-electron chi connectivity index (χ1n) is 5.60. The van der Waals surface area contributed by atoms with Crippen molar-refractivity contribution in [3.63, 3.8) is 0 Å². The number of hydrogen-bond donors (Lipinski definition) is 2. The van der Waals surface area contributed by atoms with Crippen LogP contribution in [0.4, 0.5) is 0 Å². The second-order valence-corrected chi connectivity index (χ2v) is 4.48. The third-order valence-corrected chi connectivity index (χ3v) is 2.39. The molecule has 0 fully saturated rings. The Morgan fingerprint density at radius 3 is 2.69 bits per heavy atom. The van der Waals surface area contributed by atoms with E-state index in [9.17, 15) is 4.79 Å². The SMILES string of the molecule is CC(C)C[C@H](N)C(=O)N[C@H](C)c1ccco1. The summed E-state index contributed by atoms with van der Waals surface area (Å²) in [6, 6.07) is 3.04. The maximum Gasteiger partial charge on any atom is 0.237 e. The molecule has 0 aliphatic carbocycles. The summed E-state index contributed by atoms with van der Waals surface area (Å²) in [4.78, 5) is 11.7. The molecule has 4 nitrogen and oxygen atoms in total. The Labute approximate surface area is 96.2 Å². The van der Waals surface area contributed by atoms with Gasteiger partial charge in [0.05, 0.1) is 18.3 Å². The standard InChI is InChI=1S/C12H20N2O2/c1-8(2)7-10(13)12(15)14-9(3)11-5-4-6-16-11/h4-6,8-10H,7,13H2,1-3H3,(H,14,15)/t9-,10+/m1/s1. The molecule has 4 heteroatoms. The summed E-state index contributed by atoms with van der Waals surface area (Å²) in [6.45, 7) is 5.96. The lowest BCUT2D eigenvalue weighted by molar-refractivity contribution is -0.123. The maximum atomic E-state index is 11.7. The number of furan rings is 1. The molecule has 2 atom stereocenters. The molecule has 3 N–H and O–H groups in total. The highest BCUT2D eigenvalue weighted by Gasteiger charge is 2.18. The van der Waals surface area contributed by atoms with Crippen LogP contribution in [0, 0.1) is 5.92 Å². The van der Waals surface area contributed by atoms with Crippen molar-refractivity contribution in [3.8, 4) is 0 Å². The van der Waals surface area contributed by atoms with E-state index in [-0.39, 0.29) is 11.9 Å². The van der Waals surface area contributed by atoms with Crippen LogP contribution in [-0.4, -0.2) is 11.9 Å². The maximum absolute atomic E-state index is 11.7. The van der Waals surface area contributed by atoms with Crippen LogP contribution in [0.25, 0.3) is 0 Å². The quantitative estimate of drug-likeness (QED) is 0.801. The Kier molecular flexibility index (Phi) is 4.55. The average Bonchev–Trinajstić information content (AvgIpc) is 2.68. The third kappa shape index (κ3) is 3.70. The molecule has 0 aliphatic rings. The lowest BCUT2D eigenvalue weighted by Gasteiger charge is -2.17. The molecule has 16 heavy (non-hydrogen) atoms. The number of rotatable bonds is 5. The molecule has 0 radical (unpaired) electrons. The largest absolute Gasteiger partial charge is 0.467 e. The second-order valence-electron chi connectivity index (χ2n) is 4.48. The van der Waals surface area contributed by atoms with Crippen molar-refractivity contribution in [3.05, 3.63) is 24.2 Å². The van der Waals surface area contributed by atoms with Crippen LogP contribution in [-0.2, 0) is 4.79 Å². The zero-order valence-electron chi connectivity index (χ0n) is 10.1. The van der Waals surface area contributed by atoms with Gasteiger partial charge in [-0.05, 0) is 31.4 Å². The summed E-state index contributed by atoms with van der Waals surface area (Å²) in [5.41, 5.74) is 5.78. The Balaban J connectivity index is 2.45. The van der Waals surface area contributed by atoms with Crippen LogP contribution in [0.5, 0.6) is 0 Å². The fraction of sp³-hybridized carbons (Fsp3) is 0.583. The number of nitrogens with two attached hydrogens (primary N) is 1. The van der Waals surface area contributed by atoms with Gasteiger partial charge in [0.25, 0.3) is 0 Å². The van der Waals surface area contributed by atoms with E-state index in [2.05, 4.69) is 5.32 Å². The molecule has 1 aromatic heterocycles. The van der Waals surface area contributed by atoms with E-state index < -0.39 is 6.04 Å². The first kappa shape index (κ1) is 12.8. The number of amides is 1. The molecule has 0 aliphatic heterocycles. The molecular formula is C12H20N2O2. The normalized spacial score (nSPS) is 14.8. The molecule has 0 unspecified atom stereocenters. The van der Waals surface area contributed by atoms with E-state index in [4.69, 9.17) is 10.2 Å². The third-order valence-electron chi connectivity index (χ3n) is 2.39. The van der Waals surface area contributed by atoms with Gasteiger partial charge >= 0.3 is 0 Å². The van der Waals surface area contributed by atoms with Crippen molar-refractivity contribution in [2.24, 2.45) is 11.7 Å². The smallest absolute Gasteiger partial charge is 0.237 e. The van der Waals surface area contributed by atoms with Gasteiger partial charge in [-0.3, -0.25) is 4.79 Å². The van der Waals surface area contributed by atoms with E-state index >= 15 is 0 Å². The fourth-order valence-corrected chi connectivity index (χ4v) is 1.54. The summed E-state index contributed by atoms with van der Waals surface area (Å²) >= 11 is 0. The van der Waals surface area contributed by atoms with Gasteiger partial charge < -0.3 is 15.5 Å². The molecule has 0 spiro atoms. The number of hydrogen-bond acceptors (Lipinski definition) is 3. The molecule has 90 valence electrons.